The molecule has 1 aromatic heterocycles. The summed E-state index contributed by atoms with van der Waals surface area (Å²) in [5, 5.41) is 3.43. The molecule has 0 aliphatic carbocycles. The van der Waals surface area contributed by atoms with Crippen molar-refractivity contribution in [3.63, 3.8) is 0 Å². The van der Waals surface area contributed by atoms with Crippen LogP contribution in [0.5, 0.6) is 0 Å². The Balaban J connectivity index is 0.00000200. The second-order valence-electron chi connectivity index (χ2n) is 7.34. The predicted molar refractivity (Wildman–Crippen MR) is 79.8 cm³/mol. The van der Waals surface area contributed by atoms with E-state index in [2.05, 4.69) is 57.9 Å². The van der Waals surface area contributed by atoms with Crippen molar-refractivity contribution in [3.05, 3.63) is 17.6 Å². The fourth-order valence-corrected chi connectivity index (χ4v) is 1.77. The van der Waals surface area contributed by atoms with Crippen LogP contribution in [-0.4, -0.2) is 29.2 Å². The minimum absolute atomic E-state index is 0. The normalized spacial score (nSPS) is 17.2. The van der Waals surface area contributed by atoms with Gasteiger partial charge >= 0.3 is 0 Å². The first-order chi connectivity index (χ1) is 8.66. The lowest BCUT2D eigenvalue weighted by Gasteiger charge is -2.29. The first kappa shape index (κ1) is 14.3. The van der Waals surface area contributed by atoms with E-state index in [4.69, 9.17) is 9.72 Å². The second kappa shape index (κ2) is 4.75. The maximum absolute atomic E-state index is 5.20. The highest BCUT2D eigenvalue weighted by molar-refractivity contribution is 5.40. The lowest BCUT2D eigenvalue weighted by molar-refractivity contribution is 0.0209. The Morgan fingerprint density at radius 3 is 2.16 bits per heavy atom. The smallest absolute Gasteiger partial charge is 0.136 e. The van der Waals surface area contributed by atoms with Gasteiger partial charge in [0.25, 0.3) is 0 Å². The Hall–Kier alpha value is -1.16. The Kier molecular flexibility index (Phi) is 3.56. The largest absolute Gasteiger partial charge is 0.377 e. The molecule has 1 saturated heterocycles. The molecule has 1 aliphatic rings. The molecule has 4 heteroatoms. The third-order valence-electron chi connectivity index (χ3n) is 3.16. The van der Waals surface area contributed by atoms with Crippen LogP contribution in [0.3, 0.4) is 0 Å². The summed E-state index contributed by atoms with van der Waals surface area (Å²) in [6.07, 6.45) is 0. The number of ether oxygens (including phenoxy) is 1. The molecule has 0 saturated carbocycles. The third kappa shape index (κ3) is 3.44. The lowest BCUT2D eigenvalue weighted by atomic mass is 9.90. The summed E-state index contributed by atoms with van der Waals surface area (Å²) in [5.74, 6) is 1.81. The van der Waals surface area contributed by atoms with Gasteiger partial charge in [-0.15, -0.1) is 0 Å². The minimum atomic E-state index is -0.0478. The van der Waals surface area contributed by atoms with Gasteiger partial charge in [0.2, 0.25) is 0 Å². The van der Waals surface area contributed by atoms with Gasteiger partial charge in [-0.1, -0.05) is 41.5 Å². The van der Waals surface area contributed by atoms with Gasteiger partial charge in [0.05, 0.1) is 24.9 Å². The zero-order chi connectivity index (χ0) is 14.3. The fourth-order valence-electron chi connectivity index (χ4n) is 1.77. The average Bonchev–Trinajstić information content (AvgIpc) is 2.21. The number of nitrogens with one attached hydrogen (secondary N) is 1. The van der Waals surface area contributed by atoms with Crippen molar-refractivity contribution < 1.29 is 6.16 Å². The molecule has 0 atom stereocenters. The van der Waals surface area contributed by atoms with Gasteiger partial charge in [0.15, 0.2) is 0 Å². The van der Waals surface area contributed by atoms with E-state index < -0.39 is 0 Å². The minimum Gasteiger partial charge on any atom is -0.377 e. The molecule has 1 aliphatic heterocycles. The standard InChI is InChI=1S/C15H25N3O.H2/c1-14(2,3)11-7-12(16-10-8-19-9-10)18-13(17-11)15(4,5)6;/h7,10H,8-9H2,1-6H3,(H,16,17,18);1H. The van der Waals surface area contributed by atoms with E-state index in [0.717, 1.165) is 30.5 Å². The Bertz CT molecular complexity index is 427. The maximum atomic E-state index is 5.20. The topological polar surface area (TPSA) is 47.0 Å². The van der Waals surface area contributed by atoms with Crippen molar-refractivity contribution in [2.75, 3.05) is 18.5 Å². The predicted octanol–water partition coefficient (Wildman–Crippen LogP) is 3.13. The quantitative estimate of drug-likeness (QED) is 0.892. The molecule has 2 rings (SSSR count). The van der Waals surface area contributed by atoms with Crippen molar-refractivity contribution in [2.45, 2.75) is 58.4 Å². The van der Waals surface area contributed by atoms with Gasteiger partial charge in [0.1, 0.15) is 11.6 Å². The van der Waals surface area contributed by atoms with Crippen LogP contribution >= 0.6 is 0 Å². The highest BCUT2D eigenvalue weighted by Gasteiger charge is 2.25. The van der Waals surface area contributed by atoms with Crippen LogP contribution in [-0.2, 0) is 15.6 Å². The molecule has 1 aromatic rings. The molecule has 108 valence electrons. The van der Waals surface area contributed by atoms with Crippen molar-refractivity contribution in [3.8, 4) is 0 Å². The summed E-state index contributed by atoms with van der Waals surface area (Å²) in [5.41, 5.74) is 1.05. The molecule has 4 nitrogen and oxygen atoms in total. The Morgan fingerprint density at radius 2 is 1.74 bits per heavy atom. The van der Waals surface area contributed by atoms with E-state index in [0.29, 0.717) is 6.04 Å². The zero-order valence-electron chi connectivity index (χ0n) is 12.9. The lowest BCUT2D eigenvalue weighted by Crippen LogP contribution is -2.40. The Labute approximate surface area is 117 Å². The van der Waals surface area contributed by atoms with Gasteiger partial charge in [-0.25, -0.2) is 9.97 Å². The van der Waals surface area contributed by atoms with Crippen LogP contribution in [0.4, 0.5) is 5.82 Å². The van der Waals surface area contributed by atoms with Crippen LogP contribution in [0.15, 0.2) is 6.07 Å². The van der Waals surface area contributed by atoms with Crippen molar-refractivity contribution >= 4 is 5.82 Å². The molecule has 1 N–H and O–H groups in total. The average molecular weight is 265 g/mol. The van der Waals surface area contributed by atoms with Crippen LogP contribution in [0, 0.1) is 0 Å². The first-order valence-corrected chi connectivity index (χ1v) is 6.90. The molecule has 0 amide bonds. The maximum Gasteiger partial charge on any atom is 0.136 e. The second-order valence-corrected chi connectivity index (χ2v) is 7.34. The molecule has 0 aromatic carbocycles. The number of hydrogen-bond donors (Lipinski definition) is 1. The first-order valence-electron chi connectivity index (χ1n) is 6.90. The molecule has 0 radical (unpaired) electrons. The highest BCUT2D eigenvalue weighted by atomic mass is 16.5. The number of nitrogens with zero attached hydrogens (tertiary/aromatic N) is 2. The van der Waals surface area contributed by atoms with E-state index in [-0.39, 0.29) is 12.3 Å². The van der Waals surface area contributed by atoms with E-state index in [9.17, 15) is 0 Å². The third-order valence-corrected chi connectivity index (χ3v) is 3.16. The van der Waals surface area contributed by atoms with Crippen LogP contribution in [0.2, 0.25) is 0 Å². The molecule has 19 heavy (non-hydrogen) atoms. The molecular weight excluding hydrogens is 238 g/mol. The molecular formula is C15H27N3O. The zero-order valence-corrected chi connectivity index (χ0v) is 12.9. The van der Waals surface area contributed by atoms with Gasteiger partial charge in [-0.3, -0.25) is 0 Å². The van der Waals surface area contributed by atoms with Crippen molar-refractivity contribution in [1.82, 2.24) is 9.97 Å². The van der Waals surface area contributed by atoms with Crippen molar-refractivity contribution in [1.29, 1.82) is 0 Å². The number of aromatic nitrogens is 2. The number of anilines is 1. The summed E-state index contributed by atoms with van der Waals surface area (Å²) in [4.78, 5) is 9.41. The summed E-state index contributed by atoms with van der Waals surface area (Å²) < 4.78 is 5.20. The van der Waals surface area contributed by atoms with E-state index in [1.807, 2.05) is 0 Å². The van der Waals surface area contributed by atoms with Crippen molar-refractivity contribution in [2.24, 2.45) is 0 Å². The number of hydrogen-bond acceptors (Lipinski definition) is 4. The van der Waals surface area contributed by atoms with Gasteiger partial charge in [0, 0.05) is 18.3 Å². The summed E-state index contributed by atoms with van der Waals surface area (Å²) in [6.45, 7) is 14.5. The van der Waals surface area contributed by atoms with Crippen LogP contribution in [0.1, 0.15) is 54.5 Å². The number of rotatable bonds is 2. The van der Waals surface area contributed by atoms with E-state index in [1.165, 1.54) is 0 Å². The summed E-state index contributed by atoms with van der Waals surface area (Å²) in [7, 11) is 0. The van der Waals surface area contributed by atoms with E-state index >= 15 is 0 Å². The van der Waals surface area contributed by atoms with Gasteiger partial charge in [-0.05, 0) is 0 Å². The molecule has 0 spiro atoms. The monoisotopic (exact) mass is 265 g/mol. The van der Waals surface area contributed by atoms with Crippen LogP contribution in [0.25, 0.3) is 0 Å². The molecule has 1 fully saturated rings. The molecule has 0 unspecified atom stereocenters. The Morgan fingerprint density at radius 1 is 1.11 bits per heavy atom. The fraction of sp³-hybridized carbons (Fsp3) is 0.733. The van der Waals surface area contributed by atoms with Gasteiger partial charge in [-0.2, -0.15) is 0 Å². The molecule has 0 bridgehead atoms. The van der Waals surface area contributed by atoms with Crippen LogP contribution < -0.4 is 5.32 Å². The summed E-state index contributed by atoms with van der Waals surface area (Å²) >= 11 is 0. The van der Waals surface area contributed by atoms with Gasteiger partial charge < -0.3 is 10.1 Å². The SMILES string of the molecule is CC(C)(C)c1cc(NC2COC2)nc(C(C)(C)C)n1.[HH]. The van der Waals surface area contributed by atoms with E-state index in [1.54, 1.807) is 0 Å². The summed E-state index contributed by atoms with van der Waals surface area (Å²) in [6, 6.07) is 2.45. The highest BCUT2D eigenvalue weighted by Crippen LogP contribution is 2.27. The molecule has 2 heterocycles.